The molecule has 0 aliphatic carbocycles. The number of nitrogens with zero attached hydrogens (tertiary/aromatic N) is 3. The quantitative estimate of drug-likeness (QED) is 0.739. The van der Waals surface area contributed by atoms with E-state index in [1.807, 2.05) is 6.07 Å². The summed E-state index contributed by atoms with van der Waals surface area (Å²) < 4.78 is 1.63. The highest BCUT2D eigenvalue weighted by Crippen LogP contribution is 2.25. The Kier molecular flexibility index (Phi) is 4.68. The molecule has 1 heterocycles. The number of hydrogen-bond donors (Lipinski definition) is 2. The molecule has 2 aromatic carbocycles. The van der Waals surface area contributed by atoms with Crippen LogP contribution in [0.2, 0.25) is 5.02 Å². The van der Waals surface area contributed by atoms with E-state index < -0.39 is 0 Å². The Morgan fingerprint density at radius 3 is 2.60 bits per heavy atom. The number of rotatable bonds is 3. The second-order valence-electron chi connectivity index (χ2n) is 5.31. The Bertz CT molecular complexity index is 956. The highest BCUT2D eigenvalue weighted by atomic mass is 35.5. The summed E-state index contributed by atoms with van der Waals surface area (Å²) in [6, 6.07) is 15.8. The minimum absolute atomic E-state index is 0.370. The van der Waals surface area contributed by atoms with Gasteiger partial charge >= 0.3 is 6.03 Å². The number of anilines is 2. The largest absolute Gasteiger partial charge is 0.323 e. The summed E-state index contributed by atoms with van der Waals surface area (Å²) in [5.41, 5.74) is 3.21. The van der Waals surface area contributed by atoms with Gasteiger partial charge in [0.15, 0.2) is 0 Å². The van der Waals surface area contributed by atoms with Gasteiger partial charge in [-0.1, -0.05) is 23.7 Å². The lowest BCUT2D eigenvalue weighted by atomic mass is 10.1. The molecule has 0 bridgehead atoms. The first-order valence-electron chi connectivity index (χ1n) is 7.43. The van der Waals surface area contributed by atoms with Crippen LogP contribution in [-0.2, 0) is 7.05 Å². The number of aryl methyl sites for hydroxylation is 1. The van der Waals surface area contributed by atoms with E-state index in [4.69, 9.17) is 11.6 Å². The number of halogens is 1. The monoisotopic (exact) mass is 351 g/mol. The van der Waals surface area contributed by atoms with Gasteiger partial charge in [0.25, 0.3) is 0 Å². The fraction of sp³-hybridized carbons (Fsp3) is 0.0556. The smallest absolute Gasteiger partial charge is 0.308 e. The standard InChI is InChI=1S/C18H14ClN5O/c1-24-17(13(10-20)11-21-24)12-3-2-4-16(9-12)23-18(25)22-15-7-5-14(19)6-8-15/h2-9,11H,1H3,(H2,22,23,25). The van der Waals surface area contributed by atoms with Crippen LogP contribution in [0.1, 0.15) is 5.56 Å². The summed E-state index contributed by atoms with van der Waals surface area (Å²) in [5, 5.41) is 19.4. The molecule has 0 fully saturated rings. The number of carbonyl (C=O) groups is 1. The predicted octanol–water partition coefficient (Wildman–Crippen LogP) is 4.26. The van der Waals surface area contributed by atoms with E-state index in [0.717, 1.165) is 5.56 Å². The number of benzene rings is 2. The zero-order chi connectivity index (χ0) is 17.8. The van der Waals surface area contributed by atoms with Crippen molar-refractivity contribution in [3.63, 3.8) is 0 Å². The van der Waals surface area contributed by atoms with E-state index in [9.17, 15) is 10.1 Å². The fourth-order valence-corrected chi connectivity index (χ4v) is 2.56. The Hall–Kier alpha value is -3.30. The molecule has 25 heavy (non-hydrogen) atoms. The van der Waals surface area contributed by atoms with Crippen LogP contribution in [0.25, 0.3) is 11.3 Å². The molecule has 0 saturated carbocycles. The van der Waals surface area contributed by atoms with Crippen LogP contribution in [0.3, 0.4) is 0 Å². The lowest BCUT2D eigenvalue weighted by Gasteiger charge is -2.10. The number of nitrogens with one attached hydrogen (secondary N) is 2. The lowest BCUT2D eigenvalue weighted by molar-refractivity contribution is 0.262. The molecule has 3 aromatic rings. The number of aromatic nitrogens is 2. The number of nitriles is 1. The van der Waals surface area contributed by atoms with Gasteiger partial charge in [0.2, 0.25) is 0 Å². The number of carbonyl (C=O) groups excluding carboxylic acids is 1. The molecule has 0 aliphatic heterocycles. The minimum Gasteiger partial charge on any atom is -0.308 e. The van der Waals surface area contributed by atoms with Gasteiger partial charge in [-0.05, 0) is 36.4 Å². The van der Waals surface area contributed by atoms with E-state index in [2.05, 4.69) is 21.8 Å². The molecule has 6 nitrogen and oxygen atoms in total. The van der Waals surface area contributed by atoms with Gasteiger partial charge in [-0.2, -0.15) is 10.4 Å². The molecule has 2 amide bonds. The third-order valence-corrected chi connectivity index (χ3v) is 3.81. The number of urea groups is 1. The maximum atomic E-state index is 12.1. The Morgan fingerprint density at radius 2 is 1.88 bits per heavy atom. The third-order valence-electron chi connectivity index (χ3n) is 3.56. The molecule has 2 N–H and O–H groups in total. The van der Waals surface area contributed by atoms with Crippen molar-refractivity contribution in [1.82, 2.24) is 9.78 Å². The van der Waals surface area contributed by atoms with Crippen LogP contribution >= 0.6 is 11.6 Å². The normalized spacial score (nSPS) is 10.1. The summed E-state index contributed by atoms with van der Waals surface area (Å²) in [7, 11) is 1.77. The first-order valence-corrected chi connectivity index (χ1v) is 7.81. The van der Waals surface area contributed by atoms with Gasteiger partial charge < -0.3 is 10.6 Å². The van der Waals surface area contributed by atoms with Crippen molar-refractivity contribution in [3.05, 3.63) is 65.3 Å². The second kappa shape index (κ2) is 7.07. The molecular formula is C18H14ClN5O. The molecular weight excluding hydrogens is 338 g/mol. The highest BCUT2D eigenvalue weighted by Gasteiger charge is 2.11. The Labute approximate surface area is 149 Å². The molecule has 3 rings (SSSR count). The van der Waals surface area contributed by atoms with Crippen molar-refractivity contribution in [2.75, 3.05) is 10.6 Å². The molecule has 0 atom stereocenters. The zero-order valence-corrected chi connectivity index (χ0v) is 14.1. The summed E-state index contributed by atoms with van der Waals surface area (Å²) in [4.78, 5) is 12.1. The van der Waals surface area contributed by atoms with Crippen LogP contribution in [0.15, 0.2) is 54.7 Å². The van der Waals surface area contributed by atoms with Crippen molar-refractivity contribution < 1.29 is 4.79 Å². The van der Waals surface area contributed by atoms with Crippen molar-refractivity contribution >= 4 is 29.0 Å². The maximum absolute atomic E-state index is 12.1. The fourth-order valence-electron chi connectivity index (χ4n) is 2.43. The average molecular weight is 352 g/mol. The summed E-state index contributed by atoms with van der Waals surface area (Å²) in [6.07, 6.45) is 1.52. The van der Waals surface area contributed by atoms with Gasteiger partial charge in [-0.15, -0.1) is 0 Å². The second-order valence-corrected chi connectivity index (χ2v) is 5.75. The highest BCUT2D eigenvalue weighted by molar-refractivity contribution is 6.30. The Balaban J connectivity index is 1.78. The SMILES string of the molecule is Cn1ncc(C#N)c1-c1cccc(NC(=O)Nc2ccc(Cl)cc2)c1. The van der Waals surface area contributed by atoms with Gasteiger partial charge in [0.05, 0.1) is 17.5 Å². The molecule has 0 unspecified atom stereocenters. The van der Waals surface area contributed by atoms with E-state index in [-0.39, 0.29) is 6.03 Å². The van der Waals surface area contributed by atoms with Crippen LogP contribution in [0.4, 0.5) is 16.2 Å². The summed E-state index contributed by atoms with van der Waals surface area (Å²) in [6.45, 7) is 0. The van der Waals surface area contributed by atoms with Crippen LogP contribution in [0.5, 0.6) is 0 Å². The zero-order valence-electron chi connectivity index (χ0n) is 13.3. The van der Waals surface area contributed by atoms with Crippen LogP contribution in [-0.4, -0.2) is 15.8 Å². The molecule has 0 saturated heterocycles. The first kappa shape index (κ1) is 16.6. The van der Waals surface area contributed by atoms with E-state index >= 15 is 0 Å². The molecule has 0 spiro atoms. The van der Waals surface area contributed by atoms with E-state index in [0.29, 0.717) is 27.7 Å². The maximum Gasteiger partial charge on any atom is 0.323 e. The van der Waals surface area contributed by atoms with Gasteiger partial charge in [0, 0.05) is 29.0 Å². The molecule has 1 aromatic heterocycles. The predicted molar refractivity (Wildman–Crippen MR) is 97.5 cm³/mol. The van der Waals surface area contributed by atoms with E-state index in [1.54, 1.807) is 54.2 Å². The molecule has 0 aliphatic rings. The van der Waals surface area contributed by atoms with Gasteiger partial charge in [-0.3, -0.25) is 4.68 Å². The molecule has 0 radical (unpaired) electrons. The third kappa shape index (κ3) is 3.79. The molecule has 124 valence electrons. The van der Waals surface area contributed by atoms with Crippen molar-refractivity contribution in [2.45, 2.75) is 0 Å². The van der Waals surface area contributed by atoms with Crippen molar-refractivity contribution in [3.8, 4) is 17.3 Å². The molecule has 7 heteroatoms. The summed E-state index contributed by atoms with van der Waals surface area (Å²) in [5.74, 6) is 0. The van der Waals surface area contributed by atoms with Gasteiger partial charge in [0.1, 0.15) is 6.07 Å². The number of amides is 2. The number of hydrogen-bond acceptors (Lipinski definition) is 3. The topological polar surface area (TPSA) is 82.7 Å². The minimum atomic E-state index is -0.370. The average Bonchev–Trinajstić information content (AvgIpc) is 2.98. The van der Waals surface area contributed by atoms with Gasteiger partial charge in [-0.25, -0.2) is 4.79 Å². The lowest BCUT2D eigenvalue weighted by Crippen LogP contribution is -2.19. The van der Waals surface area contributed by atoms with Crippen LogP contribution < -0.4 is 10.6 Å². The van der Waals surface area contributed by atoms with Crippen molar-refractivity contribution in [1.29, 1.82) is 5.26 Å². The van der Waals surface area contributed by atoms with Crippen molar-refractivity contribution in [2.24, 2.45) is 7.05 Å². The Morgan fingerprint density at radius 1 is 1.16 bits per heavy atom. The van der Waals surface area contributed by atoms with Crippen LogP contribution in [0, 0.1) is 11.3 Å². The van der Waals surface area contributed by atoms with E-state index in [1.165, 1.54) is 6.20 Å². The first-order chi connectivity index (χ1) is 12.1. The summed E-state index contributed by atoms with van der Waals surface area (Å²) >= 11 is 5.82.